The van der Waals surface area contributed by atoms with Crippen LogP contribution in [0, 0.1) is 6.54 Å². The summed E-state index contributed by atoms with van der Waals surface area (Å²) < 4.78 is 0. The fourth-order valence-corrected chi connectivity index (χ4v) is 2.47. The van der Waals surface area contributed by atoms with Crippen molar-refractivity contribution in [3.8, 4) is 0 Å². The smallest absolute Gasteiger partial charge is 0.0367 e. The number of rotatable bonds is 6. The lowest BCUT2D eigenvalue weighted by Crippen LogP contribution is -2.45. The van der Waals surface area contributed by atoms with Gasteiger partial charge in [0.05, 0.1) is 0 Å². The number of para-hydroxylation sites is 1. The number of unbranched alkanes of at least 4 members (excludes halogenated alkanes) is 3. The largest absolute Gasteiger partial charge is 0.369 e. The fraction of sp³-hybridized carbons (Fsp3) is 0.562. The minimum Gasteiger partial charge on any atom is -0.369 e. The van der Waals surface area contributed by atoms with Gasteiger partial charge in [0.15, 0.2) is 0 Å². The molecule has 2 nitrogen and oxygen atoms in total. The summed E-state index contributed by atoms with van der Waals surface area (Å²) in [5, 5.41) is 0. The van der Waals surface area contributed by atoms with E-state index in [4.69, 9.17) is 0 Å². The van der Waals surface area contributed by atoms with Gasteiger partial charge in [-0.1, -0.05) is 44.4 Å². The van der Waals surface area contributed by atoms with Gasteiger partial charge in [-0.15, -0.1) is 0 Å². The van der Waals surface area contributed by atoms with Crippen LogP contribution in [0.4, 0.5) is 5.69 Å². The Hall–Kier alpha value is -1.02. The first-order valence-corrected chi connectivity index (χ1v) is 7.27. The summed E-state index contributed by atoms with van der Waals surface area (Å²) in [6.45, 7) is 9.31. The highest BCUT2D eigenvalue weighted by Gasteiger charge is 2.16. The Morgan fingerprint density at radius 2 is 1.72 bits per heavy atom. The van der Waals surface area contributed by atoms with Crippen molar-refractivity contribution in [2.75, 3.05) is 31.1 Å². The van der Waals surface area contributed by atoms with Crippen molar-refractivity contribution in [1.82, 2.24) is 4.90 Å². The third-order valence-corrected chi connectivity index (χ3v) is 3.63. The molecule has 0 atom stereocenters. The predicted octanol–water partition coefficient (Wildman–Crippen LogP) is 3.55. The maximum atomic E-state index is 2.50. The molecule has 1 aromatic rings. The normalized spacial score (nSPS) is 17.1. The third-order valence-electron chi connectivity index (χ3n) is 3.63. The van der Waals surface area contributed by atoms with Crippen molar-refractivity contribution in [1.29, 1.82) is 0 Å². The van der Waals surface area contributed by atoms with E-state index in [0.29, 0.717) is 0 Å². The molecule has 0 bridgehead atoms. The van der Waals surface area contributed by atoms with Gasteiger partial charge in [-0.25, -0.2) is 0 Å². The van der Waals surface area contributed by atoms with E-state index < -0.39 is 0 Å². The first-order chi connectivity index (χ1) is 8.90. The van der Waals surface area contributed by atoms with Gasteiger partial charge in [-0.05, 0) is 18.6 Å². The van der Waals surface area contributed by atoms with Crippen LogP contribution in [0.2, 0.25) is 0 Å². The molecule has 1 aliphatic heterocycles. The molecule has 1 fully saturated rings. The Kier molecular flexibility index (Phi) is 5.53. The Balaban J connectivity index is 1.68. The van der Waals surface area contributed by atoms with E-state index in [1.165, 1.54) is 44.5 Å². The molecular formula is C16H25N2. The van der Waals surface area contributed by atoms with Crippen LogP contribution in [0.15, 0.2) is 30.3 Å². The van der Waals surface area contributed by atoms with E-state index in [1.54, 1.807) is 0 Å². The van der Waals surface area contributed by atoms with E-state index in [1.807, 2.05) is 0 Å². The molecule has 0 N–H and O–H groups in total. The van der Waals surface area contributed by atoms with Crippen LogP contribution in [0.25, 0.3) is 0 Å². The average Bonchev–Trinajstić information content (AvgIpc) is 2.45. The van der Waals surface area contributed by atoms with Gasteiger partial charge < -0.3 is 4.90 Å². The molecule has 0 aromatic heterocycles. The van der Waals surface area contributed by atoms with Crippen molar-refractivity contribution in [2.24, 2.45) is 0 Å². The number of benzene rings is 1. The molecule has 1 aromatic carbocycles. The molecule has 1 saturated heterocycles. The number of anilines is 1. The molecule has 2 rings (SSSR count). The van der Waals surface area contributed by atoms with Crippen LogP contribution in [0.1, 0.15) is 32.6 Å². The molecule has 18 heavy (non-hydrogen) atoms. The van der Waals surface area contributed by atoms with Crippen LogP contribution in [0.3, 0.4) is 0 Å². The highest BCUT2D eigenvalue weighted by atomic mass is 15.3. The van der Waals surface area contributed by atoms with Crippen molar-refractivity contribution in [3.63, 3.8) is 0 Å². The van der Waals surface area contributed by atoms with Gasteiger partial charge >= 0.3 is 0 Å². The van der Waals surface area contributed by atoms with Crippen LogP contribution in [-0.4, -0.2) is 31.1 Å². The van der Waals surface area contributed by atoms with Crippen molar-refractivity contribution < 1.29 is 0 Å². The van der Waals surface area contributed by atoms with Crippen LogP contribution in [0.5, 0.6) is 0 Å². The quantitative estimate of drug-likeness (QED) is 0.707. The monoisotopic (exact) mass is 245 g/mol. The van der Waals surface area contributed by atoms with E-state index in [9.17, 15) is 0 Å². The summed E-state index contributed by atoms with van der Waals surface area (Å²) >= 11 is 0. The molecular weight excluding hydrogens is 220 g/mol. The van der Waals surface area contributed by atoms with Gasteiger partial charge in [0.1, 0.15) is 0 Å². The average molecular weight is 245 g/mol. The Bertz CT molecular complexity index is 315. The number of hydrogen-bond donors (Lipinski definition) is 0. The van der Waals surface area contributed by atoms with Gasteiger partial charge in [-0.3, -0.25) is 4.90 Å². The highest BCUT2D eigenvalue weighted by Crippen LogP contribution is 2.16. The standard InChI is InChI=1S/C16H25N2/c1-2-3-4-8-11-17-12-14-18(15-13-17)16-9-6-5-7-10-16/h5-7,9-11H,2-4,8,12-15H2,1H3. The SMILES string of the molecule is CCCCC[CH]N1CCN(c2ccccc2)CC1. The second kappa shape index (κ2) is 7.42. The zero-order valence-electron chi connectivity index (χ0n) is 11.5. The first kappa shape index (κ1) is 13.4. The topological polar surface area (TPSA) is 6.48 Å². The van der Waals surface area contributed by atoms with E-state index in [2.05, 4.69) is 53.6 Å². The summed E-state index contributed by atoms with van der Waals surface area (Å²) in [5.74, 6) is 0. The molecule has 0 aliphatic carbocycles. The Morgan fingerprint density at radius 3 is 2.39 bits per heavy atom. The summed E-state index contributed by atoms with van der Waals surface area (Å²) in [4.78, 5) is 4.98. The molecule has 0 spiro atoms. The Morgan fingerprint density at radius 1 is 1.00 bits per heavy atom. The first-order valence-electron chi connectivity index (χ1n) is 7.27. The van der Waals surface area contributed by atoms with Crippen molar-refractivity contribution >= 4 is 5.69 Å². The zero-order chi connectivity index (χ0) is 12.6. The lowest BCUT2D eigenvalue weighted by atomic mass is 10.2. The van der Waals surface area contributed by atoms with E-state index in [0.717, 1.165) is 13.1 Å². The lowest BCUT2D eigenvalue weighted by molar-refractivity contribution is 0.301. The second-order valence-electron chi connectivity index (χ2n) is 5.04. The van der Waals surface area contributed by atoms with E-state index >= 15 is 0 Å². The van der Waals surface area contributed by atoms with Gasteiger partial charge in [-0.2, -0.15) is 0 Å². The van der Waals surface area contributed by atoms with Crippen molar-refractivity contribution in [2.45, 2.75) is 32.6 Å². The summed E-state index contributed by atoms with van der Waals surface area (Å²) in [5.41, 5.74) is 1.36. The minimum atomic E-state index is 1.15. The second-order valence-corrected chi connectivity index (χ2v) is 5.04. The molecule has 1 radical (unpaired) electrons. The summed E-state index contributed by atoms with van der Waals surface area (Å²) in [6.07, 6.45) is 5.27. The van der Waals surface area contributed by atoms with Crippen molar-refractivity contribution in [3.05, 3.63) is 36.9 Å². The van der Waals surface area contributed by atoms with E-state index in [-0.39, 0.29) is 0 Å². The number of nitrogens with zero attached hydrogens (tertiary/aromatic N) is 2. The maximum absolute atomic E-state index is 2.50. The molecule has 1 aliphatic rings. The van der Waals surface area contributed by atoms with Gasteiger partial charge in [0.2, 0.25) is 0 Å². The van der Waals surface area contributed by atoms with Gasteiger partial charge in [0, 0.05) is 38.4 Å². The molecule has 0 saturated carbocycles. The number of hydrogen-bond acceptors (Lipinski definition) is 2. The lowest BCUT2D eigenvalue weighted by Gasteiger charge is -2.35. The fourth-order valence-electron chi connectivity index (χ4n) is 2.47. The zero-order valence-corrected chi connectivity index (χ0v) is 11.5. The summed E-state index contributed by atoms with van der Waals surface area (Å²) in [6, 6.07) is 10.7. The van der Waals surface area contributed by atoms with Crippen LogP contribution >= 0.6 is 0 Å². The molecule has 0 amide bonds. The Labute approximate surface area is 112 Å². The van der Waals surface area contributed by atoms with Gasteiger partial charge in [0.25, 0.3) is 0 Å². The van der Waals surface area contributed by atoms with Crippen LogP contribution < -0.4 is 4.90 Å². The molecule has 0 unspecified atom stereocenters. The third kappa shape index (κ3) is 4.02. The molecule has 99 valence electrons. The highest BCUT2D eigenvalue weighted by molar-refractivity contribution is 5.46. The number of piperazine rings is 1. The molecule has 1 heterocycles. The predicted molar refractivity (Wildman–Crippen MR) is 78.7 cm³/mol. The van der Waals surface area contributed by atoms with Crippen LogP contribution in [-0.2, 0) is 0 Å². The molecule has 2 heteroatoms. The minimum absolute atomic E-state index is 1.15. The maximum Gasteiger partial charge on any atom is 0.0367 e. The summed E-state index contributed by atoms with van der Waals surface area (Å²) in [7, 11) is 0.